The third kappa shape index (κ3) is 6.43. The molecule has 1 aromatic carbocycles. The largest absolute Gasteiger partial charge is 0.489 e. The summed E-state index contributed by atoms with van der Waals surface area (Å²) in [5.74, 6) is 0.316. The van der Waals surface area contributed by atoms with Gasteiger partial charge in [0, 0.05) is 5.56 Å². The summed E-state index contributed by atoms with van der Waals surface area (Å²) < 4.78 is 51.6. The lowest BCUT2D eigenvalue weighted by molar-refractivity contribution is -0.138. The molecule has 1 atom stereocenters. The number of halogens is 3. The van der Waals surface area contributed by atoms with Crippen LogP contribution >= 0.6 is 0 Å². The summed E-state index contributed by atoms with van der Waals surface area (Å²) in [6.07, 6.45) is 2.98. The fraction of sp³-hybridized carbons (Fsp3) is 0.478. The van der Waals surface area contributed by atoms with Gasteiger partial charge in [-0.3, -0.25) is 0 Å². The number of nitrogens with zero attached hydrogens (tertiary/aromatic N) is 2. The Bertz CT molecular complexity index is 938. The quantitative estimate of drug-likeness (QED) is 0.497. The molecule has 1 fully saturated rings. The number of alkyl halides is 3. The van der Waals surface area contributed by atoms with Crippen LogP contribution in [0, 0.1) is 0 Å². The first-order valence-corrected chi connectivity index (χ1v) is 10.4. The van der Waals surface area contributed by atoms with E-state index in [1.807, 2.05) is 26.8 Å². The summed E-state index contributed by atoms with van der Waals surface area (Å²) >= 11 is 0. The average Bonchev–Trinajstić information content (AvgIpc) is 3.39. The molecule has 0 spiro atoms. The molecule has 2 aromatic rings. The van der Waals surface area contributed by atoms with E-state index in [1.54, 1.807) is 0 Å². The zero-order valence-electron chi connectivity index (χ0n) is 18.1. The molecular formula is C23H28F3N3O2. The number of hydrogen-bond donors (Lipinski definition) is 1. The lowest BCUT2D eigenvalue weighted by atomic mass is 10.1. The van der Waals surface area contributed by atoms with Crippen molar-refractivity contribution in [2.75, 3.05) is 13.2 Å². The van der Waals surface area contributed by atoms with Gasteiger partial charge in [0.1, 0.15) is 12.4 Å². The highest BCUT2D eigenvalue weighted by Gasteiger charge is 2.35. The predicted octanol–water partition coefficient (Wildman–Crippen LogP) is 6.25. The van der Waals surface area contributed by atoms with Gasteiger partial charge in [0.15, 0.2) is 0 Å². The molecule has 1 N–H and O–H groups in total. The molecule has 3 rings (SSSR count). The monoisotopic (exact) mass is 435 g/mol. The average molecular weight is 435 g/mol. The van der Waals surface area contributed by atoms with Crippen LogP contribution < -0.4 is 10.1 Å². The van der Waals surface area contributed by atoms with Gasteiger partial charge in [-0.15, -0.1) is 0 Å². The number of rotatable bonds is 8. The zero-order valence-corrected chi connectivity index (χ0v) is 18.1. The number of hydrogen-bond acceptors (Lipinski definition) is 5. The van der Waals surface area contributed by atoms with Crippen molar-refractivity contribution < 1.29 is 22.4 Å². The van der Waals surface area contributed by atoms with Gasteiger partial charge in [-0.25, -0.2) is 0 Å². The van der Waals surface area contributed by atoms with E-state index in [0.717, 1.165) is 43.9 Å². The molecule has 1 aromatic heterocycles. The van der Waals surface area contributed by atoms with Crippen LogP contribution in [0.25, 0.3) is 11.4 Å². The predicted molar refractivity (Wildman–Crippen MR) is 113 cm³/mol. The van der Waals surface area contributed by atoms with Crippen LogP contribution in [-0.2, 0) is 6.18 Å². The number of ether oxygens (including phenoxy) is 1. The number of benzene rings is 1. The number of allylic oxidation sites excluding steroid dienone is 3. The van der Waals surface area contributed by atoms with E-state index in [9.17, 15) is 13.2 Å². The van der Waals surface area contributed by atoms with E-state index in [0.29, 0.717) is 5.89 Å². The highest BCUT2D eigenvalue weighted by Crippen LogP contribution is 2.38. The van der Waals surface area contributed by atoms with Crippen molar-refractivity contribution in [3.63, 3.8) is 0 Å². The molecule has 1 aliphatic rings. The van der Waals surface area contributed by atoms with E-state index < -0.39 is 11.7 Å². The second-order valence-electron chi connectivity index (χ2n) is 8.00. The Labute approximate surface area is 180 Å². The van der Waals surface area contributed by atoms with E-state index >= 15 is 0 Å². The molecule has 2 heterocycles. The smallest absolute Gasteiger partial charge is 0.419 e. The van der Waals surface area contributed by atoms with E-state index in [-0.39, 0.29) is 29.8 Å². The molecule has 0 radical (unpaired) electrons. The van der Waals surface area contributed by atoms with Crippen LogP contribution in [0.15, 0.2) is 46.0 Å². The van der Waals surface area contributed by atoms with Crippen molar-refractivity contribution >= 4 is 0 Å². The topological polar surface area (TPSA) is 60.2 Å². The van der Waals surface area contributed by atoms with Crippen molar-refractivity contribution in [3.05, 3.63) is 53.0 Å². The number of nitrogens with one attached hydrogen (secondary N) is 1. The van der Waals surface area contributed by atoms with Crippen molar-refractivity contribution in [2.45, 2.75) is 58.7 Å². The van der Waals surface area contributed by atoms with Gasteiger partial charge < -0.3 is 14.6 Å². The van der Waals surface area contributed by atoms with E-state index in [4.69, 9.17) is 9.26 Å². The van der Waals surface area contributed by atoms with Crippen molar-refractivity contribution in [2.24, 2.45) is 0 Å². The molecule has 0 saturated carbocycles. The first kappa shape index (κ1) is 23.1. The van der Waals surface area contributed by atoms with E-state index in [2.05, 4.69) is 21.5 Å². The van der Waals surface area contributed by atoms with Crippen LogP contribution in [0.4, 0.5) is 13.2 Å². The van der Waals surface area contributed by atoms with Gasteiger partial charge in [0.2, 0.25) is 11.7 Å². The fourth-order valence-electron chi connectivity index (χ4n) is 3.37. The zero-order chi connectivity index (χ0) is 22.4. The third-order valence-corrected chi connectivity index (χ3v) is 5.11. The molecule has 1 aliphatic heterocycles. The molecule has 8 heteroatoms. The van der Waals surface area contributed by atoms with Gasteiger partial charge in [0.05, 0.1) is 11.6 Å². The minimum atomic E-state index is -4.56. The first-order valence-electron chi connectivity index (χ1n) is 10.4. The standard InChI is InChI=1S/C23H28F3N3O2/c1-15(2)6-4-7-16(3)11-13-30-20-10-9-17(14-18(20)23(24,25)26)21-28-22(31-29-21)19-8-5-12-27-19/h6,9-11,14,19,27H,4-5,7-8,12-13H2,1-3H3/b16-11+/t19-/m0/s1. The van der Waals surface area contributed by atoms with Gasteiger partial charge >= 0.3 is 6.18 Å². The van der Waals surface area contributed by atoms with E-state index in [1.165, 1.54) is 17.7 Å². The maximum absolute atomic E-state index is 13.6. The van der Waals surface area contributed by atoms with Crippen molar-refractivity contribution in [3.8, 4) is 17.1 Å². The van der Waals surface area contributed by atoms with Crippen LogP contribution in [-0.4, -0.2) is 23.3 Å². The molecule has 0 aliphatic carbocycles. The highest BCUT2D eigenvalue weighted by atomic mass is 19.4. The molecule has 0 amide bonds. The summed E-state index contributed by atoms with van der Waals surface area (Å²) in [7, 11) is 0. The van der Waals surface area contributed by atoms with Crippen LogP contribution in [0.1, 0.15) is 64.0 Å². The Morgan fingerprint density at radius 1 is 1.26 bits per heavy atom. The minimum absolute atomic E-state index is 0.0438. The molecular weight excluding hydrogens is 407 g/mol. The lowest BCUT2D eigenvalue weighted by Crippen LogP contribution is -2.13. The second-order valence-corrected chi connectivity index (χ2v) is 8.00. The Balaban J connectivity index is 1.72. The van der Waals surface area contributed by atoms with Gasteiger partial charge in [-0.1, -0.05) is 22.4 Å². The second kappa shape index (κ2) is 10.1. The summed E-state index contributed by atoms with van der Waals surface area (Å²) in [5.41, 5.74) is 1.70. The number of aromatic nitrogens is 2. The summed E-state index contributed by atoms with van der Waals surface area (Å²) in [6, 6.07) is 3.80. The van der Waals surface area contributed by atoms with Gasteiger partial charge in [-0.05, 0) is 77.3 Å². The summed E-state index contributed by atoms with van der Waals surface area (Å²) in [6.45, 7) is 6.94. The Hall–Kier alpha value is -2.61. The maximum atomic E-state index is 13.6. The van der Waals surface area contributed by atoms with Crippen LogP contribution in [0.2, 0.25) is 0 Å². The SMILES string of the molecule is CC(C)=CCC/C(C)=C/COc1ccc(-c2noc([C@@H]3CCCN3)n2)cc1C(F)(F)F. The Morgan fingerprint density at radius 2 is 2.06 bits per heavy atom. The lowest BCUT2D eigenvalue weighted by Gasteiger charge is -2.14. The van der Waals surface area contributed by atoms with Crippen LogP contribution in [0.3, 0.4) is 0 Å². The molecule has 0 unspecified atom stereocenters. The molecule has 0 bridgehead atoms. The fourth-order valence-corrected chi connectivity index (χ4v) is 3.37. The van der Waals surface area contributed by atoms with Gasteiger partial charge in [0.25, 0.3) is 0 Å². The molecule has 1 saturated heterocycles. The molecule has 168 valence electrons. The normalized spacial score (nSPS) is 17.1. The van der Waals surface area contributed by atoms with Crippen molar-refractivity contribution in [1.82, 2.24) is 15.5 Å². The maximum Gasteiger partial charge on any atom is 0.419 e. The van der Waals surface area contributed by atoms with Crippen LogP contribution in [0.5, 0.6) is 5.75 Å². The Kier molecular flexibility index (Phi) is 7.54. The molecule has 5 nitrogen and oxygen atoms in total. The first-order chi connectivity index (χ1) is 14.7. The highest BCUT2D eigenvalue weighted by molar-refractivity contribution is 5.59. The molecule has 31 heavy (non-hydrogen) atoms. The summed E-state index contributed by atoms with van der Waals surface area (Å²) in [5, 5.41) is 7.09. The third-order valence-electron chi connectivity index (χ3n) is 5.11. The summed E-state index contributed by atoms with van der Waals surface area (Å²) in [4.78, 5) is 4.28. The van der Waals surface area contributed by atoms with Gasteiger partial charge in [-0.2, -0.15) is 18.2 Å². The minimum Gasteiger partial charge on any atom is -0.489 e. The Morgan fingerprint density at radius 3 is 2.74 bits per heavy atom. The van der Waals surface area contributed by atoms with Crippen molar-refractivity contribution in [1.29, 1.82) is 0 Å².